The van der Waals surface area contributed by atoms with Gasteiger partial charge in [-0.25, -0.2) is 10.4 Å². The van der Waals surface area contributed by atoms with Crippen LogP contribution in [0.3, 0.4) is 0 Å². The van der Waals surface area contributed by atoms with Crippen LogP contribution in [0.15, 0.2) is 36.9 Å². The number of nitrogens with one attached hydrogen (secondary N) is 1. The molecule has 86 valence electrons. The minimum atomic E-state index is -0.116. The topological polar surface area (TPSA) is 33.7 Å². The number of hydrazine groups is 1. The highest BCUT2D eigenvalue weighted by Crippen LogP contribution is 2.31. The van der Waals surface area contributed by atoms with E-state index in [1.54, 1.807) is 6.08 Å². The molecule has 4 nitrogen and oxygen atoms in total. The molecule has 16 heavy (non-hydrogen) atoms. The summed E-state index contributed by atoms with van der Waals surface area (Å²) in [7, 11) is 1.92. The second-order valence-corrected chi connectivity index (χ2v) is 3.59. The van der Waals surface area contributed by atoms with Gasteiger partial charge in [0.2, 0.25) is 0 Å². The van der Waals surface area contributed by atoms with Crippen molar-refractivity contribution >= 4 is 0 Å². The predicted octanol–water partition coefficient (Wildman–Crippen LogP) is 1.41. The van der Waals surface area contributed by atoms with E-state index in [1.807, 2.05) is 36.3 Å². The van der Waals surface area contributed by atoms with Crippen LogP contribution in [0.5, 0.6) is 11.5 Å². The standard InChI is InChI=1S/C12H16N2O2/c1-3-8-13-14(2)12-9-15-10-6-4-5-7-11(10)16-12/h3-7,12-13H,1,8-9H2,2H3. The highest BCUT2D eigenvalue weighted by atomic mass is 16.6. The molecule has 1 aliphatic rings. The van der Waals surface area contributed by atoms with Gasteiger partial charge in [-0.05, 0) is 12.1 Å². The predicted molar refractivity (Wildman–Crippen MR) is 62.3 cm³/mol. The zero-order valence-electron chi connectivity index (χ0n) is 9.35. The summed E-state index contributed by atoms with van der Waals surface area (Å²) in [5, 5.41) is 1.89. The molecule has 1 atom stereocenters. The Morgan fingerprint density at radius 3 is 3.00 bits per heavy atom. The molecule has 0 saturated carbocycles. The summed E-state index contributed by atoms with van der Waals surface area (Å²) in [4.78, 5) is 0. The molecule has 1 unspecified atom stereocenters. The highest BCUT2D eigenvalue weighted by Gasteiger charge is 2.23. The third-order valence-corrected chi connectivity index (χ3v) is 2.41. The number of hydrogen-bond donors (Lipinski definition) is 1. The molecule has 0 aliphatic carbocycles. The molecule has 4 heteroatoms. The van der Waals surface area contributed by atoms with Gasteiger partial charge in [-0.3, -0.25) is 0 Å². The largest absolute Gasteiger partial charge is 0.484 e. The van der Waals surface area contributed by atoms with Crippen LogP contribution < -0.4 is 14.9 Å². The molecule has 0 aromatic heterocycles. The van der Waals surface area contributed by atoms with Gasteiger partial charge >= 0.3 is 0 Å². The molecule has 0 spiro atoms. The van der Waals surface area contributed by atoms with Crippen LogP contribution in [-0.4, -0.2) is 31.4 Å². The number of para-hydroxylation sites is 2. The van der Waals surface area contributed by atoms with Gasteiger partial charge in [-0.1, -0.05) is 18.2 Å². The molecule has 0 fully saturated rings. The van der Waals surface area contributed by atoms with E-state index in [0.717, 1.165) is 11.5 Å². The molecule has 0 saturated heterocycles. The number of ether oxygens (including phenoxy) is 2. The van der Waals surface area contributed by atoms with E-state index in [0.29, 0.717) is 13.2 Å². The van der Waals surface area contributed by atoms with Crippen LogP contribution in [-0.2, 0) is 0 Å². The summed E-state index contributed by atoms with van der Waals surface area (Å²) in [6.07, 6.45) is 1.68. The van der Waals surface area contributed by atoms with Gasteiger partial charge in [0.1, 0.15) is 6.61 Å². The lowest BCUT2D eigenvalue weighted by Gasteiger charge is -2.32. The molecular formula is C12H16N2O2. The van der Waals surface area contributed by atoms with E-state index in [9.17, 15) is 0 Å². The van der Waals surface area contributed by atoms with Crippen molar-refractivity contribution in [3.8, 4) is 11.5 Å². The van der Waals surface area contributed by atoms with E-state index in [4.69, 9.17) is 9.47 Å². The Bertz CT molecular complexity index is 368. The zero-order valence-corrected chi connectivity index (χ0v) is 9.35. The minimum absolute atomic E-state index is 0.116. The van der Waals surface area contributed by atoms with Gasteiger partial charge in [0, 0.05) is 13.6 Å². The quantitative estimate of drug-likeness (QED) is 0.614. The summed E-state index contributed by atoms with van der Waals surface area (Å²) < 4.78 is 11.4. The van der Waals surface area contributed by atoms with Crippen molar-refractivity contribution in [2.75, 3.05) is 20.2 Å². The normalized spacial score (nSPS) is 18.5. The number of likely N-dealkylation sites (N-methyl/N-ethyl adjacent to an activating group) is 1. The van der Waals surface area contributed by atoms with Crippen LogP contribution >= 0.6 is 0 Å². The van der Waals surface area contributed by atoms with E-state index in [2.05, 4.69) is 12.0 Å². The second kappa shape index (κ2) is 5.01. The molecule has 1 aromatic rings. The fourth-order valence-corrected chi connectivity index (χ4v) is 1.51. The number of fused-ring (bicyclic) bond motifs is 1. The monoisotopic (exact) mass is 220 g/mol. The van der Waals surface area contributed by atoms with E-state index in [-0.39, 0.29) is 6.23 Å². The van der Waals surface area contributed by atoms with Crippen molar-refractivity contribution in [1.29, 1.82) is 0 Å². The van der Waals surface area contributed by atoms with Crippen molar-refractivity contribution < 1.29 is 9.47 Å². The summed E-state index contributed by atoms with van der Waals surface area (Å²) in [6.45, 7) is 4.87. The van der Waals surface area contributed by atoms with Gasteiger partial charge in [0.25, 0.3) is 0 Å². The molecule has 1 N–H and O–H groups in total. The van der Waals surface area contributed by atoms with Crippen LogP contribution in [0.2, 0.25) is 0 Å². The third kappa shape index (κ3) is 2.35. The Kier molecular flexibility index (Phi) is 3.44. The Morgan fingerprint density at radius 1 is 1.50 bits per heavy atom. The lowest BCUT2D eigenvalue weighted by molar-refractivity contribution is -0.0395. The molecule has 2 rings (SSSR count). The lowest BCUT2D eigenvalue weighted by Crippen LogP contribution is -2.50. The van der Waals surface area contributed by atoms with Crippen molar-refractivity contribution in [3.63, 3.8) is 0 Å². The first kappa shape index (κ1) is 11.0. The molecule has 0 radical (unpaired) electrons. The average molecular weight is 220 g/mol. The van der Waals surface area contributed by atoms with E-state index < -0.39 is 0 Å². The first-order valence-corrected chi connectivity index (χ1v) is 5.27. The van der Waals surface area contributed by atoms with E-state index in [1.165, 1.54) is 0 Å². The van der Waals surface area contributed by atoms with Gasteiger partial charge in [0.05, 0.1) is 0 Å². The summed E-state index contributed by atoms with van der Waals surface area (Å²) in [6, 6.07) is 7.68. The highest BCUT2D eigenvalue weighted by molar-refractivity contribution is 5.40. The molecule has 1 aliphatic heterocycles. The smallest absolute Gasteiger partial charge is 0.199 e. The van der Waals surface area contributed by atoms with E-state index >= 15 is 0 Å². The molecule has 1 aromatic carbocycles. The Hall–Kier alpha value is -1.52. The first-order valence-electron chi connectivity index (χ1n) is 5.27. The third-order valence-electron chi connectivity index (χ3n) is 2.41. The van der Waals surface area contributed by atoms with Crippen molar-refractivity contribution in [2.45, 2.75) is 6.23 Å². The maximum Gasteiger partial charge on any atom is 0.199 e. The van der Waals surface area contributed by atoms with Crippen LogP contribution in [0.4, 0.5) is 0 Å². The Morgan fingerprint density at radius 2 is 2.25 bits per heavy atom. The maximum absolute atomic E-state index is 5.79. The van der Waals surface area contributed by atoms with Crippen LogP contribution in [0.1, 0.15) is 0 Å². The molecule has 0 amide bonds. The maximum atomic E-state index is 5.79. The molecular weight excluding hydrogens is 204 g/mol. The van der Waals surface area contributed by atoms with Crippen LogP contribution in [0.25, 0.3) is 0 Å². The van der Waals surface area contributed by atoms with Crippen molar-refractivity contribution in [2.24, 2.45) is 0 Å². The Balaban J connectivity index is 1.99. The second-order valence-electron chi connectivity index (χ2n) is 3.59. The number of hydrogen-bond acceptors (Lipinski definition) is 4. The first-order chi connectivity index (χ1) is 7.81. The molecule has 0 bridgehead atoms. The fourth-order valence-electron chi connectivity index (χ4n) is 1.51. The van der Waals surface area contributed by atoms with Crippen molar-refractivity contribution in [1.82, 2.24) is 10.4 Å². The van der Waals surface area contributed by atoms with Gasteiger partial charge < -0.3 is 9.47 Å². The fraction of sp³-hybridized carbons (Fsp3) is 0.333. The summed E-state index contributed by atoms with van der Waals surface area (Å²) in [5.74, 6) is 1.59. The zero-order chi connectivity index (χ0) is 11.4. The van der Waals surface area contributed by atoms with Crippen molar-refractivity contribution in [3.05, 3.63) is 36.9 Å². The average Bonchev–Trinajstić information content (AvgIpc) is 2.35. The SMILES string of the molecule is C=CCNN(C)C1COc2ccccc2O1. The van der Waals surface area contributed by atoms with Gasteiger partial charge in [0.15, 0.2) is 17.7 Å². The Labute approximate surface area is 95.4 Å². The number of benzene rings is 1. The molecule has 1 heterocycles. The lowest BCUT2D eigenvalue weighted by atomic mass is 10.3. The summed E-state index contributed by atoms with van der Waals surface area (Å²) >= 11 is 0. The number of nitrogens with zero attached hydrogens (tertiary/aromatic N) is 1. The number of rotatable bonds is 4. The summed E-state index contributed by atoms with van der Waals surface area (Å²) in [5.41, 5.74) is 3.14. The van der Waals surface area contributed by atoms with Gasteiger partial charge in [-0.2, -0.15) is 0 Å². The minimum Gasteiger partial charge on any atom is -0.484 e. The van der Waals surface area contributed by atoms with Gasteiger partial charge in [-0.15, -0.1) is 6.58 Å². The van der Waals surface area contributed by atoms with Crippen LogP contribution in [0, 0.1) is 0 Å².